The van der Waals surface area contributed by atoms with Gasteiger partial charge in [-0.1, -0.05) is 0 Å². The molecule has 2 amide bonds. The molecular formula is C11H23N3O3. The quantitative estimate of drug-likeness (QED) is 0.565. The molecule has 17 heavy (non-hydrogen) atoms. The van der Waals surface area contributed by atoms with Crippen molar-refractivity contribution >= 4 is 12.0 Å². The molecule has 0 aromatic heterocycles. The molecule has 0 spiro atoms. The van der Waals surface area contributed by atoms with E-state index < -0.39 is 11.4 Å². The summed E-state index contributed by atoms with van der Waals surface area (Å²) in [6.45, 7) is 4.74. The van der Waals surface area contributed by atoms with E-state index in [1.807, 2.05) is 19.0 Å². The summed E-state index contributed by atoms with van der Waals surface area (Å²) >= 11 is 0. The van der Waals surface area contributed by atoms with Gasteiger partial charge in [0.2, 0.25) is 0 Å². The van der Waals surface area contributed by atoms with E-state index in [1.54, 1.807) is 13.8 Å². The molecule has 0 unspecified atom stereocenters. The summed E-state index contributed by atoms with van der Waals surface area (Å²) < 4.78 is 0. The number of urea groups is 1. The molecule has 0 aromatic rings. The standard InChI is InChI=1S/C11H23N3O3/c1-11(2,9(15)16)8-13-10(17)12-6-5-7-14(3)4/h5-8H2,1-4H3,(H,15,16)(H2,12,13,17). The van der Waals surface area contributed by atoms with Crippen LogP contribution in [0.25, 0.3) is 0 Å². The Kier molecular flexibility index (Phi) is 6.57. The minimum absolute atomic E-state index is 0.113. The number of carboxylic acids is 1. The maximum absolute atomic E-state index is 11.3. The maximum atomic E-state index is 11.3. The van der Waals surface area contributed by atoms with Crippen LogP contribution < -0.4 is 10.6 Å². The summed E-state index contributed by atoms with van der Waals surface area (Å²) in [7, 11) is 3.94. The van der Waals surface area contributed by atoms with Crippen LogP contribution >= 0.6 is 0 Å². The Labute approximate surface area is 102 Å². The molecule has 6 nitrogen and oxygen atoms in total. The van der Waals surface area contributed by atoms with Gasteiger partial charge in [-0.05, 0) is 40.9 Å². The van der Waals surface area contributed by atoms with E-state index in [0.717, 1.165) is 13.0 Å². The zero-order valence-corrected chi connectivity index (χ0v) is 11.0. The molecule has 0 rings (SSSR count). The number of nitrogens with one attached hydrogen (secondary N) is 2. The van der Waals surface area contributed by atoms with Gasteiger partial charge in [0.15, 0.2) is 0 Å². The fourth-order valence-electron chi connectivity index (χ4n) is 1.04. The van der Waals surface area contributed by atoms with E-state index in [9.17, 15) is 9.59 Å². The highest BCUT2D eigenvalue weighted by atomic mass is 16.4. The second-order valence-corrected chi connectivity index (χ2v) is 4.96. The Morgan fingerprint density at radius 3 is 2.29 bits per heavy atom. The van der Waals surface area contributed by atoms with Gasteiger partial charge < -0.3 is 20.6 Å². The minimum Gasteiger partial charge on any atom is -0.481 e. The molecule has 0 saturated heterocycles. The second kappa shape index (κ2) is 7.11. The lowest BCUT2D eigenvalue weighted by molar-refractivity contribution is -0.146. The lowest BCUT2D eigenvalue weighted by Gasteiger charge is -2.19. The van der Waals surface area contributed by atoms with Gasteiger partial charge in [0.25, 0.3) is 0 Å². The van der Waals surface area contributed by atoms with Gasteiger partial charge in [-0.25, -0.2) is 4.79 Å². The maximum Gasteiger partial charge on any atom is 0.314 e. The van der Waals surface area contributed by atoms with Crippen molar-refractivity contribution in [1.82, 2.24) is 15.5 Å². The first kappa shape index (κ1) is 15.7. The number of hydrogen-bond acceptors (Lipinski definition) is 3. The molecule has 0 aliphatic rings. The third-order valence-electron chi connectivity index (χ3n) is 2.34. The lowest BCUT2D eigenvalue weighted by atomic mass is 9.94. The zero-order chi connectivity index (χ0) is 13.5. The van der Waals surface area contributed by atoms with Crippen LogP contribution in [0.3, 0.4) is 0 Å². The first-order valence-electron chi connectivity index (χ1n) is 5.65. The number of hydrogen-bond donors (Lipinski definition) is 3. The van der Waals surface area contributed by atoms with Crippen LogP contribution in [0.4, 0.5) is 4.79 Å². The SMILES string of the molecule is CN(C)CCCNC(=O)NCC(C)(C)C(=O)O. The number of rotatable bonds is 7. The van der Waals surface area contributed by atoms with Gasteiger partial charge >= 0.3 is 12.0 Å². The Morgan fingerprint density at radius 1 is 1.24 bits per heavy atom. The predicted octanol–water partition coefficient (Wildman–Crippen LogP) is 0.348. The highest BCUT2D eigenvalue weighted by Crippen LogP contribution is 2.12. The van der Waals surface area contributed by atoms with Gasteiger partial charge in [0.1, 0.15) is 0 Å². The fourth-order valence-corrected chi connectivity index (χ4v) is 1.04. The molecule has 100 valence electrons. The van der Waals surface area contributed by atoms with Crippen molar-refractivity contribution in [3.63, 3.8) is 0 Å². The molecule has 0 fully saturated rings. The molecule has 0 aliphatic carbocycles. The first-order chi connectivity index (χ1) is 7.75. The highest BCUT2D eigenvalue weighted by molar-refractivity contribution is 5.77. The number of carboxylic acid groups (broad SMARTS) is 1. The number of aliphatic carboxylic acids is 1. The zero-order valence-electron chi connectivity index (χ0n) is 11.0. The predicted molar refractivity (Wildman–Crippen MR) is 66.0 cm³/mol. The smallest absolute Gasteiger partial charge is 0.314 e. The van der Waals surface area contributed by atoms with E-state index >= 15 is 0 Å². The molecule has 0 aromatic carbocycles. The van der Waals surface area contributed by atoms with E-state index in [2.05, 4.69) is 10.6 Å². The van der Waals surface area contributed by atoms with Crippen LogP contribution in [0.1, 0.15) is 20.3 Å². The van der Waals surface area contributed by atoms with Crippen LogP contribution in [0.5, 0.6) is 0 Å². The molecule has 0 atom stereocenters. The normalized spacial score (nSPS) is 11.4. The van der Waals surface area contributed by atoms with E-state index in [4.69, 9.17) is 5.11 Å². The summed E-state index contributed by atoms with van der Waals surface area (Å²) in [5.41, 5.74) is -0.943. The van der Waals surface area contributed by atoms with Crippen molar-refractivity contribution < 1.29 is 14.7 Å². The minimum atomic E-state index is -0.943. The molecule has 0 saturated carbocycles. The number of nitrogens with zero attached hydrogens (tertiary/aromatic N) is 1. The van der Waals surface area contributed by atoms with Crippen LogP contribution in [-0.4, -0.2) is 55.7 Å². The summed E-state index contributed by atoms with van der Waals surface area (Å²) in [4.78, 5) is 24.2. The van der Waals surface area contributed by atoms with Gasteiger partial charge in [-0.2, -0.15) is 0 Å². The summed E-state index contributed by atoms with van der Waals surface area (Å²) in [6, 6.07) is -0.321. The van der Waals surface area contributed by atoms with E-state index in [-0.39, 0.29) is 12.6 Å². The number of amides is 2. The van der Waals surface area contributed by atoms with Gasteiger partial charge in [0.05, 0.1) is 5.41 Å². The van der Waals surface area contributed by atoms with Crippen molar-refractivity contribution in [3.05, 3.63) is 0 Å². The van der Waals surface area contributed by atoms with E-state index in [0.29, 0.717) is 6.54 Å². The van der Waals surface area contributed by atoms with Gasteiger partial charge in [-0.3, -0.25) is 4.79 Å². The molecular weight excluding hydrogens is 222 g/mol. The summed E-state index contributed by atoms with van der Waals surface area (Å²) in [6.07, 6.45) is 0.864. The monoisotopic (exact) mass is 245 g/mol. The van der Waals surface area contributed by atoms with Gasteiger partial charge in [0, 0.05) is 13.1 Å². The average molecular weight is 245 g/mol. The third-order valence-corrected chi connectivity index (χ3v) is 2.34. The molecule has 0 aliphatic heterocycles. The van der Waals surface area contributed by atoms with Crippen LogP contribution in [-0.2, 0) is 4.79 Å². The third kappa shape index (κ3) is 7.57. The summed E-state index contributed by atoms with van der Waals surface area (Å²) in [5.74, 6) is -0.926. The Morgan fingerprint density at radius 2 is 1.82 bits per heavy atom. The molecule has 0 bridgehead atoms. The molecule has 0 radical (unpaired) electrons. The van der Waals surface area contributed by atoms with Crippen molar-refractivity contribution in [3.8, 4) is 0 Å². The average Bonchev–Trinajstić information content (AvgIpc) is 2.21. The molecule has 3 N–H and O–H groups in total. The van der Waals surface area contributed by atoms with Crippen LogP contribution in [0, 0.1) is 5.41 Å². The highest BCUT2D eigenvalue weighted by Gasteiger charge is 2.27. The molecule has 6 heteroatoms. The molecule has 0 heterocycles. The Hall–Kier alpha value is -1.30. The van der Waals surface area contributed by atoms with Crippen molar-refractivity contribution in [2.45, 2.75) is 20.3 Å². The first-order valence-corrected chi connectivity index (χ1v) is 5.65. The van der Waals surface area contributed by atoms with Crippen molar-refractivity contribution in [2.24, 2.45) is 5.41 Å². The lowest BCUT2D eigenvalue weighted by Crippen LogP contribution is -2.43. The van der Waals surface area contributed by atoms with Crippen molar-refractivity contribution in [1.29, 1.82) is 0 Å². The number of carbonyl (C=O) groups is 2. The topological polar surface area (TPSA) is 81.7 Å². The van der Waals surface area contributed by atoms with E-state index in [1.165, 1.54) is 0 Å². The second-order valence-electron chi connectivity index (χ2n) is 4.96. The fraction of sp³-hybridized carbons (Fsp3) is 0.818. The van der Waals surface area contributed by atoms with Crippen LogP contribution in [0.15, 0.2) is 0 Å². The van der Waals surface area contributed by atoms with Crippen LogP contribution in [0.2, 0.25) is 0 Å². The number of carbonyl (C=O) groups excluding carboxylic acids is 1. The Balaban J connectivity index is 3.70. The summed E-state index contributed by atoms with van der Waals surface area (Å²) in [5, 5.41) is 14.1. The van der Waals surface area contributed by atoms with Crippen molar-refractivity contribution in [2.75, 3.05) is 33.7 Å². The Bertz CT molecular complexity index is 265. The largest absolute Gasteiger partial charge is 0.481 e. The van der Waals surface area contributed by atoms with Gasteiger partial charge in [-0.15, -0.1) is 0 Å².